The minimum atomic E-state index is 0.210. The number of carbonyl (C=O) groups is 1. The van der Waals surface area contributed by atoms with Gasteiger partial charge in [0.2, 0.25) is 0 Å². The van der Waals surface area contributed by atoms with Gasteiger partial charge in [-0.15, -0.1) is 11.3 Å². The second-order valence-corrected chi connectivity index (χ2v) is 7.97. The Bertz CT molecular complexity index is 535. The summed E-state index contributed by atoms with van der Waals surface area (Å²) in [5, 5.41) is 0. The van der Waals surface area contributed by atoms with E-state index in [1.54, 1.807) is 18.4 Å². The Morgan fingerprint density at radius 1 is 1.36 bits per heavy atom. The monoisotopic (exact) mass is 322 g/mol. The Kier molecular flexibility index (Phi) is 4.57. The summed E-state index contributed by atoms with van der Waals surface area (Å²) in [5.74, 6) is 0.210. The van der Waals surface area contributed by atoms with Crippen LogP contribution in [0.1, 0.15) is 40.2 Å². The molecule has 1 aromatic heterocycles. The molecular formula is C17H26N2O2S. The molecule has 2 aliphatic rings. The van der Waals surface area contributed by atoms with Gasteiger partial charge in [0.25, 0.3) is 5.91 Å². The molecule has 1 atom stereocenters. The number of thiophene rings is 1. The highest BCUT2D eigenvalue weighted by atomic mass is 32.1. The SMILES string of the molecule is COC[C@H]1CCC2(CCN(C(=O)c3ccc(C)s3)CC2)N1C. The number of aryl methyl sites for hydroxylation is 1. The van der Waals surface area contributed by atoms with E-state index in [0.29, 0.717) is 6.04 Å². The van der Waals surface area contributed by atoms with Crippen molar-refractivity contribution < 1.29 is 9.53 Å². The van der Waals surface area contributed by atoms with Crippen LogP contribution in [0.5, 0.6) is 0 Å². The number of amides is 1. The van der Waals surface area contributed by atoms with E-state index in [-0.39, 0.29) is 11.4 Å². The van der Waals surface area contributed by atoms with E-state index in [9.17, 15) is 4.79 Å². The summed E-state index contributed by atoms with van der Waals surface area (Å²) in [6.45, 7) is 4.62. The van der Waals surface area contributed by atoms with Crippen LogP contribution >= 0.6 is 11.3 Å². The lowest BCUT2D eigenvalue weighted by molar-refractivity contribution is 0.0275. The molecule has 0 aromatic carbocycles. The average Bonchev–Trinajstić information content (AvgIpc) is 3.08. The Hall–Kier alpha value is -0.910. The van der Waals surface area contributed by atoms with Crippen LogP contribution in [0.3, 0.4) is 0 Å². The lowest BCUT2D eigenvalue weighted by Crippen LogP contribution is -2.53. The zero-order valence-electron chi connectivity index (χ0n) is 13.8. The summed E-state index contributed by atoms with van der Waals surface area (Å²) in [6, 6.07) is 4.53. The topological polar surface area (TPSA) is 32.8 Å². The van der Waals surface area contributed by atoms with Crippen molar-refractivity contribution >= 4 is 17.2 Å². The molecule has 2 saturated heterocycles. The molecule has 3 rings (SSSR count). The summed E-state index contributed by atoms with van der Waals surface area (Å²) < 4.78 is 5.34. The Morgan fingerprint density at radius 3 is 2.68 bits per heavy atom. The van der Waals surface area contributed by atoms with Gasteiger partial charge in [-0.05, 0) is 51.8 Å². The predicted molar refractivity (Wildman–Crippen MR) is 89.6 cm³/mol. The van der Waals surface area contributed by atoms with Gasteiger partial charge in [-0.1, -0.05) is 0 Å². The van der Waals surface area contributed by atoms with Gasteiger partial charge in [0.15, 0.2) is 0 Å². The Morgan fingerprint density at radius 2 is 2.09 bits per heavy atom. The molecule has 0 unspecified atom stereocenters. The second-order valence-electron chi connectivity index (χ2n) is 6.69. The van der Waals surface area contributed by atoms with E-state index in [4.69, 9.17) is 4.74 Å². The number of methoxy groups -OCH3 is 1. The number of hydrogen-bond donors (Lipinski definition) is 0. The minimum Gasteiger partial charge on any atom is -0.383 e. The first kappa shape index (κ1) is 16.0. The van der Waals surface area contributed by atoms with Gasteiger partial charge in [-0.2, -0.15) is 0 Å². The predicted octanol–water partition coefficient (Wildman–Crippen LogP) is 2.77. The van der Waals surface area contributed by atoms with Crippen molar-refractivity contribution in [3.8, 4) is 0 Å². The number of likely N-dealkylation sites (tertiary alicyclic amines) is 2. The van der Waals surface area contributed by atoms with Gasteiger partial charge in [-0.3, -0.25) is 9.69 Å². The van der Waals surface area contributed by atoms with E-state index < -0.39 is 0 Å². The van der Waals surface area contributed by atoms with Gasteiger partial charge in [0.05, 0.1) is 11.5 Å². The highest BCUT2D eigenvalue weighted by molar-refractivity contribution is 7.13. The molecule has 0 aliphatic carbocycles. The normalized spacial score (nSPS) is 25.0. The molecule has 2 fully saturated rings. The largest absolute Gasteiger partial charge is 0.383 e. The number of carbonyl (C=O) groups excluding carboxylic acids is 1. The molecule has 3 heterocycles. The van der Waals surface area contributed by atoms with Crippen LogP contribution in [0.2, 0.25) is 0 Å². The van der Waals surface area contributed by atoms with Gasteiger partial charge in [0, 0.05) is 36.7 Å². The zero-order valence-corrected chi connectivity index (χ0v) is 14.6. The minimum absolute atomic E-state index is 0.210. The maximum Gasteiger partial charge on any atom is 0.263 e. The Balaban J connectivity index is 1.62. The van der Waals surface area contributed by atoms with Crippen LogP contribution < -0.4 is 0 Å². The number of rotatable bonds is 3. The fraction of sp³-hybridized carbons (Fsp3) is 0.706. The molecule has 1 spiro atoms. The van der Waals surface area contributed by atoms with Crippen LogP contribution in [0, 0.1) is 6.92 Å². The molecule has 0 saturated carbocycles. The third-order valence-corrected chi connectivity index (χ3v) is 6.52. The molecule has 1 aromatic rings. The molecule has 122 valence electrons. The molecule has 5 heteroatoms. The van der Waals surface area contributed by atoms with Crippen molar-refractivity contribution in [2.24, 2.45) is 0 Å². The van der Waals surface area contributed by atoms with Crippen molar-refractivity contribution in [1.82, 2.24) is 9.80 Å². The van der Waals surface area contributed by atoms with E-state index >= 15 is 0 Å². The third-order valence-electron chi connectivity index (χ3n) is 5.53. The van der Waals surface area contributed by atoms with Crippen LogP contribution in [-0.2, 0) is 4.74 Å². The van der Waals surface area contributed by atoms with Crippen molar-refractivity contribution in [2.75, 3.05) is 33.9 Å². The van der Waals surface area contributed by atoms with Gasteiger partial charge >= 0.3 is 0 Å². The number of nitrogens with zero attached hydrogens (tertiary/aromatic N) is 2. The molecule has 0 radical (unpaired) electrons. The molecule has 1 amide bonds. The molecule has 4 nitrogen and oxygen atoms in total. The highest BCUT2D eigenvalue weighted by Gasteiger charge is 2.46. The fourth-order valence-electron chi connectivity index (χ4n) is 4.01. The number of likely N-dealkylation sites (N-methyl/N-ethyl adjacent to an activating group) is 1. The number of hydrogen-bond acceptors (Lipinski definition) is 4. The van der Waals surface area contributed by atoms with E-state index in [2.05, 4.69) is 18.9 Å². The first-order chi connectivity index (χ1) is 10.6. The second kappa shape index (κ2) is 6.30. The van der Waals surface area contributed by atoms with E-state index in [1.807, 2.05) is 17.0 Å². The van der Waals surface area contributed by atoms with Crippen molar-refractivity contribution in [2.45, 2.75) is 44.2 Å². The quantitative estimate of drug-likeness (QED) is 0.858. The van der Waals surface area contributed by atoms with Crippen molar-refractivity contribution in [3.05, 3.63) is 21.9 Å². The van der Waals surface area contributed by atoms with Crippen LogP contribution in [0.15, 0.2) is 12.1 Å². The maximum atomic E-state index is 12.6. The van der Waals surface area contributed by atoms with Crippen molar-refractivity contribution in [1.29, 1.82) is 0 Å². The highest BCUT2D eigenvalue weighted by Crippen LogP contribution is 2.40. The molecular weight excluding hydrogens is 296 g/mol. The van der Waals surface area contributed by atoms with Gasteiger partial charge < -0.3 is 9.64 Å². The molecule has 0 N–H and O–H groups in total. The zero-order chi connectivity index (χ0) is 15.7. The number of ether oxygens (including phenoxy) is 1. The first-order valence-corrected chi connectivity index (χ1v) is 8.95. The summed E-state index contributed by atoms with van der Waals surface area (Å²) in [4.78, 5) is 19.2. The van der Waals surface area contributed by atoms with Crippen LogP contribution in [0.25, 0.3) is 0 Å². The average molecular weight is 322 g/mol. The van der Waals surface area contributed by atoms with Crippen LogP contribution in [0.4, 0.5) is 0 Å². The van der Waals surface area contributed by atoms with E-state index in [0.717, 1.165) is 37.4 Å². The fourth-order valence-corrected chi connectivity index (χ4v) is 4.85. The Labute approximate surface area is 137 Å². The lowest BCUT2D eigenvalue weighted by atomic mass is 9.85. The summed E-state index contributed by atoms with van der Waals surface area (Å²) in [7, 11) is 4.01. The third kappa shape index (κ3) is 2.82. The maximum absolute atomic E-state index is 12.6. The molecule has 22 heavy (non-hydrogen) atoms. The molecule has 0 bridgehead atoms. The summed E-state index contributed by atoms with van der Waals surface area (Å²) in [5.41, 5.74) is 0.283. The summed E-state index contributed by atoms with van der Waals surface area (Å²) in [6.07, 6.45) is 4.61. The first-order valence-electron chi connectivity index (χ1n) is 8.13. The van der Waals surface area contributed by atoms with Crippen LogP contribution in [-0.4, -0.2) is 61.1 Å². The number of piperidine rings is 1. The standard InChI is InChI=1S/C17H26N2O2S/c1-13-4-5-15(22-13)16(20)19-10-8-17(9-11-19)7-6-14(12-21-3)18(17)2/h4-5,14H,6-12H2,1-3H3/t14-/m1/s1. The van der Waals surface area contributed by atoms with Crippen molar-refractivity contribution in [3.63, 3.8) is 0 Å². The lowest BCUT2D eigenvalue weighted by Gasteiger charge is -2.45. The van der Waals surface area contributed by atoms with E-state index in [1.165, 1.54) is 17.7 Å². The van der Waals surface area contributed by atoms with Gasteiger partial charge in [0.1, 0.15) is 0 Å². The summed E-state index contributed by atoms with van der Waals surface area (Å²) >= 11 is 1.60. The smallest absolute Gasteiger partial charge is 0.263 e. The van der Waals surface area contributed by atoms with Gasteiger partial charge in [-0.25, -0.2) is 0 Å². The molecule has 2 aliphatic heterocycles.